The van der Waals surface area contributed by atoms with Crippen LogP contribution in [0.3, 0.4) is 0 Å². The number of nitrogens with zero attached hydrogens (tertiary/aromatic N) is 2. The highest BCUT2D eigenvalue weighted by molar-refractivity contribution is 5.78. The number of aliphatic hydroxyl groups excluding tert-OH is 1. The van der Waals surface area contributed by atoms with E-state index in [2.05, 4.69) is 0 Å². The Morgan fingerprint density at radius 1 is 1.38 bits per heavy atom. The van der Waals surface area contributed by atoms with Crippen LogP contribution in [0.15, 0.2) is 0 Å². The lowest BCUT2D eigenvalue weighted by Gasteiger charge is -2.24. The Bertz CT molecular complexity index is 225. The minimum Gasteiger partial charge on any atom is -0.392 e. The average molecular weight is 228 g/mol. The first-order chi connectivity index (χ1) is 7.58. The molecular weight excluding hydrogens is 204 g/mol. The number of aliphatic hydroxyl groups is 1. The van der Waals surface area contributed by atoms with E-state index in [1.807, 2.05) is 30.7 Å². The second kappa shape index (κ2) is 6.21. The minimum absolute atomic E-state index is 0.149. The van der Waals surface area contributed by atoms with E-state index in [0.717, 1.165) is 25.9 Å². The molecule has 1 unspecified atom stereocenters. The van der Waals surface area contributed by atoms with E-state index in [9.17, 15) is 9.90 Å². The highest BCUT2D eigenvalue weighted by Crippen LogP contribution is 2.32. The van der Waals surface area contributed by atoms with Crippen molar-refractivity contribution in [1.82, 2.24) is 9.80 Å². The fraction of sp³-hybridized carbons (Fsp3) is 0.917. The maximum absolute atomic E-state index is 11.8. The Labute approximate surface area is 98.2 Å². The Hall–Kier alpha value is -0.610. The molecule has 0 aromatic carbocycles. The molecule has 1 N–H and O–H groups in total. The lowest BCUT2D eigenvalue weighted by Crippen LogP contribution is -2.41. The molecule has 0 bridgehead atoms. The predicted octanol–water partition coefficient (Wildman–Crippen LogP) is 0.557. The minimum atomic E-state index is -0.255. The molecule has 1 aliphatic carbocycles. The van der Waals surface area contributed by atoms with Crippen LogP contribution < -0.4 is 0 Å². The molecule has 1 amide bonds. The van der Waals surface area contributed by atoms with Crippen LogP contribution >= 0.6 is 0 Å². The topological polar surface area (TPSA) is 43.8 Å². The normalized spacial score (nSPS) is 17.6. The number of carbonyl (C=O) groups is 1. The smallest absolute Gasteiger partial charge is 0.236 e. The van der Waals surface area contributed by atoms with E-state index >= 15 is 0 Å². The van der Waals surface area contributed by atoms with Crippen molar-refractivity contribution >= 4 is 5.91 Å². The first kappa shape index (κ1) is 13.5. The number of amides is 1. The van der Waals surface area contributed by atoms with Crippen LogP contribution in [-0.2, 0) is 4.79 Å². The molecule has 0 heterocycles. The van der Waals surface area contributed by atoms with Gasteiger partial charge < -0.3 is 10.0 Å². The molecule has 1 aliphatic rings. The van der Waals surface area contributed by atoms with Crippen LogP contribution in [-0.4, -0.2) is 60.1 Å². The maximum atomic E-state index is 11.8. The van der Waals surface area contributed by atoms with E-state index in [-0.39, 0.29) is 12.0 Å². The van der Waals surface area contributed by atoms with E-state index < -0.39 is 0 Å². The van der Waals surface area contributed by atoms with Gasteiger partial charge in [0.05, 0.1) is 12.6 Å². The van der Waals surface area contributed by atoms with Gasteiger partial charge >= 0.3 is 0 Å². The lowest BCUT2D eigenvalue weighted by molar-refractivity contribution is -0.132. The van der Waals surface area contributed by atoms with Gasteiger partial charge in [-0.05, 0) is 39.7 Å². The Balaban J connectivity index is 2.26. The van der Waals surface area contributed by atoms with Crippen LogP contribution in [0.5, 0.6) is 0 Å². The molecule has 1 atom stereocenters. The van der Waals surface area contributed by atoms with Crippen LogP contribution in [0.2, 0.25) is 0 Å². The Kier molecular flexibility index (Phi) is 5.22. The van der Waals surface area contributed by atoms with Crippen molar-refractivity contribution in [3.63, 3.8) is 0 Å². The van der Waals surface area contributed by atoms with Gasteiger partial charge in [-0.2, -0.15) is 0 Å². The van der Waals surface area contributed by atoms with Gasteiger partial charge in [-0.3, -0.25) is 9.69 Å². The predicted molar refractivity (Wildman–Crippen MR) is 64.2 cm³/mol. The molecule has 1 rings (SSSR count). The summed E-state index contributed by atoms with van der Waals surface area (Å²) in [6, 6.07) is 0. The molecule has 94 valence electrons. The largest absolute Gasteiger partial charge is 0.392 e. The zero-order valence-corrected chi connectivity index (χ0v) is 10.6. The maximum Gasteiger partial charge on any atom is 0.236 e. The summed E-state index contributed by atoms with van der Waals surface area (Å²) in [5.41, 5.74) is 0. The first-order valence-corrected chi connectivity index (χ1v) is 6.22. The fourth-order valence-electron chi connectivity index (χ4n) is 1.92. The molecule has 0 aromatic rings. The zero-order chi connectivity index (χ0) is 12.1. The molecule has 1 saturated carbocycles. The summed E-state index contributed by atoms with van der Waals surface area (Å²) in [6.45, 7) is 6.51. The van der Waals surface area contributed by atoms with Crippen LogP contribution in [0.25, 0.3) is 0 Å². The molecule has 0 spiro atoms. The van der Waals surface area contributed by atoms with Gasteiger partial charge in [0, 0.05) is 19.6 Å². The standard InChI is InChI=1S/C12H24N2O2/c1-4-14(5-2)12(16)9-13(3)8-11(15)10-6-7-10/h10-11,15H,4-9H2,1-3H3. The summed E-state index contributed by atoms with van der Waals surface area (Å²) < 4.78 is 0. The molecule has 4 nitrogen and oxygen atoms in total. The molecule has 1 fully saturated rings. The van der Waals surface area contributed by atoms with Gasteiger partial charge in [-0.15, -0.1) is 0 Å². The van der Waals surface area contributed by atoms with Gasteiger partial charge in [0.2, 0.25) is 5.91 Å². The van der Waals surface area contributed by atoms with Gasteiger partial charge in [0.25, 0.3) is 0 Å². The SMILES string of the molecule is CCN(CC)C(=O)CN(C)CC(O)C1CC1. The van der Waals surface area contributed by atoms with Crippen molar-refractivity contribution in [2.75, 3.05) is 33.2 Å². The van der Waals surface area contributed by atoms with Crippen molar-refractivity contribution in [3.05, 3.63) is 0 Å². The molecule has 0 saturated heterocycles. The summed E-state index contributed by atoms with van der Waals surface area (Å²) in [6.07, 6.45) is 2.02. The van der Waals surface area contributed by atoms with Gasteiger partial charge in [0.15, 0.2) is 0 Å². The van der Waals surface area contributed by atoms with Crippen molar-refractivity contribution in [2.45, 2.75) is 32.8 Å². The van der Waals surface area contributed by atoms with Crippen molar-refractivity contribution in [1.29, 1.82) is 0 Å². The summed E-state index contributed by atoms with van der Waals surface area (Å²) in [4.78, 5) is 15.5. The summed E-state index contributed by atoms with van der Waals surface area (Å²) in [7, 11) is 1.90. The third kappa shape index (κ3) is 4.10. The summed E-state index contributed by atoms with van der Waals surface area (Å²) in [5.74, 6) is 0.626. The van der Waals surface area contributed by atoms with E-state index in [4.69, 9.17) is 0 Å². The van der Waals surface area contributed by atoms with Crippen LogP contribution in [0, 0.1) is 5.92 Å². The van der Waals surface area contributed by atoms with Crippen molar-refractivity contribution < 1.29 is 9.90 Å². The second-order valence-electron chi connectivity index (χ2n) is 4.67. The van der Waals surface area contributed by atoms with Gasteiger partial charge in [-0.25, -0.2) is 0 Å². The Morgan fingerprint density at radius 2 is 1.94 bits per heavy atom. The second-order valence-corrected chi connectivity index (χ2v) is 4.67. The molecular formula is C12H24N2O2. The molecule has 4 heteroatoms. The van der Waals surface area contributed by atoms with E-state index in [1.54, 1.807) is 0 Å². The Morgan fingerprint density at radius 3 is 2.38 bits per heavy atom. The van der Waals surface area contributed by atoms with Crippen LogP contribution in [0.1, 0.15) is 26.7 Å². The summed E-state index contributed by atoms with van der Waals surface area (Å²) in [5, 5.41) is 9.76. The monoisotopic (exact) mass is 228 g/mol. The van der Waals surface area contributed by atoms with Gasteiger partial charge in [-0.1, -0.05) is 0 Å². The third-order valence-electron chi connectivity index (χ3n) is 3.19. The first-order valence-electron chi connectivity index (χ1n) is 6.22. The zero-order valence-electron chi connectivity index (χ0n) is 10.6. The average Bonchev–Trinajstić information content (AvgIpc) is 3.01. The van der Waals surface area contributed by atoms with Crippen molar-refractivity contribution in [3.8, 4) is 0 Å². The van der Waals surface area contributed by atoms with E-state index in [0.29, 0.717) is 19.0 Å². The van der Waals surface area contributed by atoms with Crippen LogP contribution in [0.4, 0.5) is 0 Å². The van der Waals surface area contributed by atoms with E-state index in [1.165, 1.54) is 0 Å². The quantitative estimate of drug-likeness (QED) is 0.692. The summed E-state index contributed by atoms with van der Waals surface area (Å²) >= 11 is 0. The van der Waals surface area contributed by atoms with Crippen molar-refractivity contribution in [2.24, 2.45) is 5.92 Å². The fourth-order valence-corrected chi connectivity index (χ4v) is 1.92. The number of hydrogen-bond acceptors (Lipinski definition) is 3. The van der Waals surface area contributed by atoms with Gasteiger partial charge in [0.1, 0.15) is 0 Å². The molecule has 0 radical (unpaired) electrons. The third-order valence-corrected chi connectivity index (χ3v) is 3.19. The highest BCUT2D eigenvalue weighted by atomic mass is 16.3. The molecule has 16 heavy (non-hydrogen) atoms. The molecule has 0 aliphatic heterocycles. The lowest BCUT2D eigenvalue weighted by atomic mass is 10.2. The molecule has 0 aromatic heterocycles. The number of hydrogen-bond donors (Lipinski definition) is 1. The number of rotatable bonds is 7. The number of carbonyl (C=O) groups excluding carboxylic acids is 1. The number of likely N-dealkylation sites (N-methyl/N-ethyl adjacent to an activating group) is 2. The highest BCUT2D eigenvalue weighted by Gasteiger charge is 2.30.